The first kappa shape index (κ1) is 28.6. The second-order valence-corrected chi connectivity index (χ2v) is 8.34. The first-order valence-electron chi connectivity index (χ1n) is 11.0. The van der Waals surface area contributed by atoms with Gasteiger partial charge >= 0.3 is 11.4 Å². The summed E-state index contributed by atoms with van der Waals surface area (Å²) in [7, 11) is 0. The molecule has 0 amide bonds. The van der Waals surface area contributed by atoms with Crippen molar-refractivity contribution in [1.82, 2.24) is 20.0 Å². The summed E-state index contributed by atoms with van der Waals surface area (Å²) in [6.45, 7) is 9.50. The van der Waals surface area contributed by atoms with Crippen LogP contribution in [0.25, 0.3) is 5.57 Å². The Morgan fingerprint density at radius 1 is 1.00 bits per heavy atom. The van der Waals surface area contributed by atoms with Crippen LogP contribution in [-0.2, 0) is 5.54 Å². The van der Waals surface area contributed by atoms with Gasteiger partial charge in [-0.3, -0.25) is 30.0 Å². The van der Waals surface area contributed by atoms with Crippen LogP contribution in [0.1, 0.15) is 43.0 Å². The number of aromatic amines is 1. The van der Waals surface area contributed by atoms with E-state index in [1.165, 1.54) is 23.3 Å². The summed E-state index contributed by atoms with van der Waals surface area (Å²) in [4.78, 5) is 19.5. The zero-order valence-corrected chi connectivity index (χ0v) is 20.9. The van der Waals surface area contributed by atoms with Crippen molar-refractivity contribution in [2.75, 3.05) is 0 Å². The van der Waals surface area contributed by atoms with Crippen LogP contribution in [0, 0.1) is 42.9 Å². The number of hydrogen-bond acceptors (Lipinski definition) is 8. The highest BCUT2D eigenvalue weighted by Gasteiger charge is 2.26. The third-order valence-corrected chi connectivity index (χ3v) is 5.23. The standard InChI is InChI=1S/C13H12N4O2.C10H9N.C3H3N3O2/c1-13(2,11-5-3-4-10(6-11)7-14)16-9-12(8-15-16)17(18)19;1-8(2)10-5-3-4-9(6-10)7-11;7-6(8)3-1-4-5-2-3/h3-6,8-9H,1-2H3;3-6H,1H2,2H3;1-2H,(H,4,5). The molecule has 0 saturated carbocycles. The molecule has 4 aromatic rings. The Bertz CT molecular complexity index is 1510. The summed E-state index contributed by atoms with van der Waals surface area (Å²) in [6, 6.07) is 18.7. The normalized spacial score (nSPS) is 9.92. The Morgan fingerprint density at radius 3 is 2.08 bits per heavy atom. The predicted molar refractivity (Wildman–Crippen MR) is 140 cm³/mol. The highest BCUT2D eigenvalue weighted by Crippen LogP contribution is 2.27. The molecule has 4 rings (SSSR count). The van der Waals surface area contributed by atoms with Crippen LogP contribution in [0.3, 0.4) is 0 Å². The molecule has 2 aromatic heterocycles. The third-order valence-electron chi connectivity index (χ3n) is 5.23. The van der Waals surface area contributed by atoms with E-state index in [1.807, 2.05) is 45.0 Å². The molecule has 0 aliphatic heterocycles. The van der Waals surface area contributed by atoms with Crippen LogP contribution < -0.4 is 0 Å². The SMILES string of the molecule is C=C(C)c1cccc(C#N)c1.CC(C)(c1cccc(C#N)c1)n1cc([N+](=O)[O-])cn1.O=[N+]([O-])c1cn[nH]c1. The van der Waals surface area contributed by atoms with Crippen molar-refractivity contribution in [3.8, 4) is 12.1 Å². The number of nitriles is 2. The molecule has 38 heavy (non-hydrogen) atoms. The number of benzene rings is 2. The summed E-state index contributed by atoms with van der Waals surface area (Å²) in [5, 5.41) is 47.7. The average Bonchev–Trinajstić information content (AvgIpc) is 3.63. The van der Waals surface area contributed by atoms with Gasteiger partial charge in [-0.2, -0.15) is 20.7 Å². The molecule has 0 aliphatic rings. The quantitative estimate of drug-likeness (QED) is 0.274. The molecule has 2 aromatic carbocycles. The number of rotatable bonds is 5. The summed E-state index contributed by atoms with van der Waals surface area (Å²) in [5.74, 6) is 0. The van der Waals surface area contributed by atoms with Crippen molar-refractivity contribution in [2.24, 2.45) is 0 Å². The minimum Gasteiger partial charge on any atom is -0.279 e. The Kier molecular flexibility index (Phi) is 9.72. The van der Waals surface area contributed by atoms with E-state index in [0.29, 0.717) is 11.1 Å². The van der Waals surface area contributed by atoms with Crippen molar-refractivity contribution in [2.45, 2.75) is 26.3 Å². The van der Waals surface area contributed by atoms with Crippen molar-refractivity contribution in [1.29, 1.82) is 10.5 Å². The minimum atomic E-state index is -0.568. The molecule has 12 nitrogen and oxygen atoms in total. The fraction of sp³-hybridized carbons (Fsp3) is 0.154. The van der Waals surface area contributed by atoms with Gasteiger partial charge in [0.25, 0.3) is 0 Å². The van der Waals surface area contributed by atoms with Gasteiger partial charge in [-0.15, -0.1) is 0 Å². The Hall–Kier alpha value is -5.62. The fourth-order valence-corrected chi connectivity index (χ4v) is 3.01. The molecule has 12 heteroatoms. The molecular formula is C26H24N8O4. The van der Waals surface area contributed by atoms with Crippen LogP contribution in [0.15, 0.2) is 79.9 Å². The first-order valence-corrected chi connectivity index (χ1v) is 11.0. The molecule has 0 bridgehead atoms. The molecule has 0 radical (unpaired) electrons. The largest absolute Gasteiger partial charge is 0.307 e. The summed E-state index contributed by atoms with van der Waals surface area (Å²) < 4.78 is 1.53. The van der Waals surface area contributed by atoms with Gasteiger partial charge in [0.15, 0.2) is 0 Å². The predicted octanol–water partition coefficient (Wildman–Crippen LogP) is 5.36. The zero-order chi connectivity index (χ0) is 28.3. The monoisotopic (exact) mass is 512 g/mol. The maximum absolute atomic E-state index is 10.7. The van der Waals surface area contributed by atoms with Crippen molar-refractivity contribution < 1.29 is 9.85 Å². The Morgan fingerprint density at radius 2 is 1.61 bits per heavy atom. The summed E-state index contributed by atoms with van der Waals surface area (Å²) in [5.41, 5.74) is 3.49. The highest BCUT2D eigenvalue weighted by atomic mass is 16.6. The molecule has 1 N–H and O–H groups in total. The number of nitrogens with one attached hydrogen (secondary N) is 1. The third kappa shape index (κ3) is 7.69. The summed E-state index contributed by atoms with van der Waals surface area (Å²) >= 11 is 0. The summed E-state index contributed by atoms with van der Waals surface area (Å²) in [6.07, 6.45) is 4.98. The zero-order valence-electron chi connectivity index (χ0n) is 20.9. The molecule has 0 spiro atoms. The second-order valence-electron chi connectivity index (χ2n) is 8.34. The molecule has 0 aliphatic carbocycles. The molecule has 0 saturated heterocycles. The number of nitro groups is 2. The lowest BCUT2D eigenvalue weighted by atomic mass is 9.93. The maximum Gasteiger partial charge on any atom is 0.307 e. The van der Waals surface area contributed by atoms with Crippen LogP contribution >= 0.6 is 0 Å². The second kappa shape index (κ2) is 12.9. The van der Waals surface area contributed by atoms with Crippen LogP contribution in [0.2, 0.25) is 0 Å². The van der Waals surface area contributed by atoms with Crippen LogP contribution in [-0.4, -0.2) is 29.8 Å². The minimum absolute atomic E-state index is 0.00926. The van der Waals surface area contributed by atoms with E-state index in [1.54, 1.807) is 24.3 Å². The van der Waals surface area contributed by atoms with Gasteiger partial charge in [0.2, 0.25) is 0 Å². The van der Waals surface area contributed by atoms with Crippen molar-refractivity contribution in [3.05, 3.63) is 122 Å². The number of allylic oxidation sites excluding steroid dienone is 1. The molecular weight excluding hydrogens is 488 g/mol. The van der Waals surface area contributed by atoms with Crippen molar-refractivity contribution in [3.63, 3.8) is 0 Å². The lowest BCUT2D eigenvalue weighted by Crippen LogP contribution is -2.28. The van der Waals surface area contributed by atoms with Gasteiger partial charge in [0.05, 0.1) is 44.8 Å². The Labute approximate surface area is 218 Å². The molecule has 0 fully saturated rings. The molecule has 0 unspecified atom stereocenters. The van der Waals surface area contributed by atoms with Gasteiger partial charge in [-0.25, -0.2) is 0 Å². The Balaban J connectivity index is 0.000000224. The molecule has 0 atom stereocenters. The lowest BCUT2D eigenvalue weighted by Gasteiger charge is -2.25. The topological polar surface area (TPSA) is 180 Å². The number of nitrogens with zero attached hydrogens (tertiary/aromatic N) is 7. The average molecular weight is 513 g/mol. The lowest BCUT2D eigenvalue weighted by molar-refractivity contribution is -0.385. The molecule has 192 valence electrons. The van der Waals surface area contributed by atoms with Gasteiger partial charge in [-0.1, -0.05) is 36.4 Å². The van der Waals surface area contributed by atoms with E-state index in [0.717, 1.165) is 22.9 Å². The van der Waals surface area contributed by atoms with E-state index in [9.17, 15) is 20.2 Å². The van der Waals surface area contributed by atoms with E-state index < -0.39 is 15.4 Å². The molecule has 2 heterocycles. The van der Waals surface area contributed by atoms with Crippen LogP contribution in [0.4, 0.5) is 11.4 Å². The van der Waals surface area contributed by atoms with E-state index in [-0.39, 0.29) is 11.4 Å². The smallest absolute Gasteiger partial charge is 0.279 e. The van der Waals surface area contributed by atoms with Gasteiger partial charge < -0.3 is 0 Å². The maximum atomic E-state index is 10.7. The van der Waals surface area contributed by atoms with Crippen LogP contribution in [0.5, 0.6) is 0 Å². The van der Waals surface area contributed by atoms with E-state index >= 15 is 0 Å². The number of aromatic nitrogens is 4. The van der Waals surface area contributed by atoms with E-state index in [4.69, 9.17) is 10.5 Å². The van der Waals surface area contributed by atoms with Crippen molar-refractivity contribution >= 4 is 16.9 Å². The highest BCUT2D eigenvalue weighted by molar-refractivity contribution is 5.62. The number of H-pyrrole nitrogens is 1. The van der Waals surface area contributed by atoms with Gasteiger partial charge in [0.1, 0.15) is 18.6 Å². The van der Waals surface area contributed by atoms with Gasteiger partial charge in [-0.05, 0) is 56.2 Å². The number of hydrogen-bond donors (Lipinski definition) is 1. The fourth-order valence-electron chi connectivity index (χ4n) is 3.01. The first-order chi connectivity index (χ1) is 18.0. The van der Waals surface area contributed by atoms with E-state index in [2.05, 4.69) is 34.0 Å². The van der Waals surface area contributed by atoms with Gasteiger partial charge in [0, 0.05) is 0 Å².